The van der Waals surface area contributed by atoms with Crippen LogP contribution < -0.4 is 11.1 Å². The van der Waals surface area contributed by atoms with E-state index in [9.17, 15) is 4.79 Å². The number of nitrogens with zero attached hydrogens (tertiary/aromatic N) is 5. The molecule has 0 bridgehead atoms. The zero-order chi connectivity index (χ0) is 28.2. The smallest absolute Gasteiger partial charge is 0.223 e. The Bertz CT molecular complexity index is 1730. The summed E-state index contributed by atoms with van der Waals surface area (Å²) in [4.78, 5) is 23.6. The Kier molecular flexibility index (Phi) is 8.09. The summed E-state index contributed by atoms with van der Waals surface area (Å²) < 4.78 is 2.03. The molecule has 1 aliphatic heterocycles. The van der Waals surface area contributed by atoms with Crippen LogP contribution in [-0.4, -0.2) is 44.5 Å². The summed E-state index contributed by atoms with van der Waals surface area (Å²) in [5, 5.41) is 13.3. The van der Waals surface area contributed by atoms with Gasteiger partial charge in [-0.1, -0.05) is 41.5 Å². The lowest BCUT2D eigenvalue weighted by atomic mass is 9.99. The van der Waals surface area contributed by atoms with Gasteiger partial charge in [0.2, 0.25) is 5.91 Å². The first kappa shape index (κ1) is 27.3. The molecule has 4 heterocycles. The van der Waals surface area contributed by atoms with Crippen molar-refractivity contribution in [2.45, 2.75) is 33.2 Å². The van der Waals surface area contributed by atoms with Crippen LogP contribution >= 0.6 is 22.9 Å². The van der Waals surface area contributed by atoms with E-state index in [4.69, 9.17) is 22.3 Å². The van der Waals surface area contributed by atoms with Crippen LogP contribution in [0.4, 0.5) is 0 Å². The molecule has 1 amide bonds. The van der Waals surface area contributed by atoms with Crippen LogP contribution in [0.2, 0.25) is 5.02 Å². The first-order chi connectivity index (χ1) is 19.4. The van der Waals surface area contributed by atoms with Gasteiger partial charge in [-0.2, -0.15) is 0 Å². The van der Waals surface area contributed by atoms with Crippen molar-refractivity contribution in [1.82, 2.24) is 25.1 Å². The minimum atomic E-state index is -0.539. The van der Waals surface area contributed by atoms with E-state index in [1.54, 1.807) is 23.6 Å². The van der Waals surface area contributed by atoms with Crippen molar-refractivity contribution in [2.24, 2.45) is 10.7 Å². The third-order valence-electron chi connectivity index (χ3n) is 6.42. The monoisotopic (exact) mass is 567 g/mol. The molecule has 0 unspecified atom stereocenters. The van der Waals surface area contributed by atoms with Crippen molar-refractivity contribution in [3.63, 3.8) is 0 Å². The average molecular weight is 568 g/mol. The maximum atomic E-state index is 13.1. The second kappa shape index (κ2) is 11.8. The number of aliphatic imine (C=N–C) groups is 1. The van der Waals surface area contributed by atoms with E-state index in [-0.39, 0.29) is 18.9 Å². The summed E-state index contributed by atoms with van der Waals surface area (Å²) in [6, 6.07) is 10.7. The molecule has 0 radical (unpaired) electrons. The Balaban J connectivity index is 1.39. The Hall–Kier alpha value is -4.28. The number of hydrogen-bond acceptors (Lipinski definition) is 7. The molecule has 3 aromatic heterocycles. The molecule has 1 aliphatic rings. The fraction of sp³-hybridized carbons (Fsp3) is 0.233. The van der Waals surface area contributed by atoms with Crippen LogP contribution in [0.25, 0.3) is 5.00 Å². The normalized spacial score (nSPS) is 13.5. The predicted octanol–water partition coefficient (Wildman–Crippen LogP) is 4.06. The minimum Gasteiger partial charge on any atom is -0.345 e. The minimum absolute atomic E-state index is 0.0939. The van der Waals surface area contributed by atoms with Gasteiger partial charge in [-0.05, 0) is 56.5 Å². The van der Waals surface area contributed by atoms with E-state index in [2.05, 4.69) is 58.0 Å². The van der Waals surface area contributed by atoms with Crippen molar-refractivity contribution >= 4 is 34.6 Å². The topological polar surface area (TPSA) is 111 Å². The molecule has 1 atom stereocenters. The predicted molar refractivity (Wildman–Crippen MR) is 158 cm³/mol. The van der Waals surface area contributed by atoms with Crippen LogP contribution in [0.1, 0.15) is 56.9 Å². The highest BCUT2D eigenvalue weighted by molar-refractivity contribution is 7.15. The Labute approximate surface area is 241 Å². The summed E-state index contributed by atoms with van der Waals surface area (Å²) >= 11 is 7.85. The van der Waals surface area contributed by atoms with E-state index in [1.807, 2.05) is 41.8 Å². The highest BCUT2D eigenvalue weighted by Crippen LogP contribution is 2.39. The van der Waals surface area contributed by atoms with E-state index in [0.717, 1.165) is 38.8 Å². The van der Waals surface area contributed by atoms with E-state index in [0.29, 0.717) is 23.1 Å². The molecule has 40 heavy (non-hydrogen) atoms. The number of hydrogen-bond donors (Lipinski definition) is 2. The maximum absolute atomic E-state index is 13.1. The summed E-state index contributed by atoms with van der Waals surface area (Å²) in [7, 11) is 0. The number of aromatic nitrogens is 4. The maximum Gasteiger partial charge on any atom is 0.223 e. The molecular weight excluding hydrogens is 542 g/mol. The van der Waals surface area contributed by atoms with Gasteiger partial charge in [0.05, 0.1) is 25.2 Å². The number of benzene rings is 1. The number of aryl methyl sites for hydroxylation is 2. The Morgan fingerprint density at radius 1 is 1.10 bits per heavy atom. The molecule has 200 valence electrons. The van der Waals surface area contributed by atoms with Crippen molar-refractivity contribution < 1.29 is 4.79 Å². The van der Waals surface area contributed by atoms with Gasteiger partial charge in [-0.25, -0.2) is 4.98 Å². The second-order valence-corrected chi connectivity index (χ2v) is 10.8. The van der Waals surface area contributed by atoms with Crippen molar-refractivity contribution in [2.75, 3.05) is 13.1 Å². The third kappa shape index (κ3) is 5.68. The first-order valence-corrected chi connectivity index (χ1v) is 13.8. The van der Waals surface area contributed by atoms with Gasteiger partial charge in [-0.3, -0.25) is 14.4 Å². The van der Waals surface area contributed by atoms with Gasteiger partial charge in [-0.15, -0.1) is 21.5 Å². The van der Waals surface area contributed by atoms with E-state index in [1.165, 1.54) is 4.88 Å². The number of amides is 1. The van der Waals surface area contributed by atoms with Gasteiger partial charge >= 0.3 is 0 Å². The quantitative estimate of drug-likeness (QED) is 0.361. The molecule has 0 fully saturated rings. The zero-order valence-corrected chi connectivity index (χ0v) is 23.8. The number of rotatable bonds is 4. The molecule has 0 saturated carbocycles. The van der Waals surface area contributed by atoms with E-state index < -0.39 is 6.04 Å². The molecular formula is C30H26ClN7OS. The molecule has 0 aliphatic carbocycles. The van der Waals surface area contributed by atoms with Gasteiger partial charge in [0.25, 0.3) is 0 Å². The number of pyridine rings is 1. The Morgan fingerprint density at radius 2 is 1.90 bits per heavy atom. The van der Waals surface area contributed by atoms with Gasteiger partial charge in [0.1, 0.15) is 22.6 Å². The lowest BCUT2D eigenvalue weighted by molar-refractivity contribution is -0.121. The average Bonchev–Trinajstić information content (AvgIpc) is 3.43. The van der Waals surface area contributed by atoms with Crippen LogP contribution in [0.5, 0.6) is 0 Å². The molecule has 4 aromatic rings. The fourth-order valence-corrected chi connectivity index (χ4v) is 5.69. The number of carbonyl (C=O) groups excluding carboxylic acids is 1. The number of nitrogens with one attached hydrogen (secondary N) is 1. The molecule has 5 rings (SSSR count). The number of carbonyl (C=O) groups is 1. The number of halogens is 1. The molecule has 3 N–H and O–H groups in total. The van der Waals surface area contributed by atoms with Gasteiger partial charge in [0.15, 0.2) is 5.82 Å². The second-order valence-electron chi connectivity index (χ2n) is 9.13. The highest BCUT2D eigenvalue weighted by Gasteiger charge is 2.32. The molecule has 8 nitrogen and oxygen atoms in total. The lowest BCUT2D eigenvalue weighted by Gasteiger charge is -2.12. The van der Waals surface area contributed by atoms with Crippen LogP contribution in [0.15, 0.2) is 47.6 Å². The standard InChI is InChI=1S/C30H26ClN7OS/c1-18-19(2)40-30-27(18)28(22-9-11-23(31)12-10-22)35-25(29-37-36-20(3)38(29)30)16-26(39)33-15-5-7-24-13-8-21(17-34-24)6-4-14-32/h8-13,17,25H,14-16,32H2,1-3H3,(H,33,39)/t25-/m0/s1. The summed E-state index contributed by atoms with van der Waals surface area (Å²) in [5.74, 6) is 12.8. The lowest BCUT2D eigenvalue weighted by Crippen LogP contribution is -2.25. The summed E-state index contributed by atoms with van der Waals surface area (Å²) in [6.07, 6.45) is 1.74. The van der Waals surface area contributed by atoms with E-state index >= 15 is 0 Å². The molecule has 0 saturated heterocycles. The number of nitrogens with two attached hydrogens (primary N) is 1. The van der Waals surface area contributed by atoms with Gasteiger partial charge in [0, 0.05) is 32.8 Å². The highest BCUT2D eigenvalue weighted by atomic mass is 35.5. The largest absolute Gasteiger partial charge is 0.345 e. The van der Waals surface area contributed by atoms with Gasteiger partial charge < -0.3 is 11.1 Å². The number of thiophene rings is 1. The SMILES string of the molecule is Cc1sc2c(c1C)C(c1ccc(Cl)cc1)=N[C@@H](CC(=O)NCC#Cc1ccc(C#CCN)cn1)c1nnc(C)n1-2. The van der Waals surface area contributed by atoms with Crippen molar-refractivity contribution in [1.29, 1.82) is 0 Å². The van der Waals surface area contributed by atoms with Crippen molar-refractivity contribution in [3.05, 3.63) is 92.1 Å². The summed E-state index contributed by atoms with van der Waals surface area (Å²) in [6.45, 7) is 6.57. The Morgan fingerprint density at radius 3 is 2.62 bits per heavy atom. The first-order valence-electron chi connectivity index (χ1n) is 12.6. The summed E-state index contributed by atoms with van der Waals surface area (Å²) in [5.41, 5.74) is 10.7. The molecule has 1 aromatic carbocycles. The molecule has 0 spiro atoms. The van der Waals surface area contributed by atoms with Crippen LogP contribution in [0, 0.1) is 44.5 Å². The fourth-order valence-electron chi connectivity index (χ4n) is 4.35. The third-order valence-corrected chi connectivity index (χ3v) is 7.87. The van der Waals surface area contributed by atoms with Crippen LogP contribution in [0.3, 0.4) is 0 Å². The molecule has 10 heteroatoms. The zero-order valence-electron chi connectivity index (χ0n) is 22.2. The van der Waals surface area contributed by atoms with Crippen LogP contribution in [-0.2, 0) is 4.79 Å². The number of fused-ring (bicyclic) bond motifs is 3. The van der Waals surface area contributed by atoms with Crippen molar-refractivity contribution in [3.8, 4) is 28.7 Å².